The molecule has 0 amide bonds. The number of ether oxygens (including phenoxy) is 3. The van der Waals surface area contributed by atoms with Crippen LogP contribution in [0.2, 0.25) is 0 Å². The predicted molar refractivity (Wildman–Crippen MR) is 104 cm³/mol. The molecule has 2 aromatic rings. The Hall–Kier alpha value is -2.44. The SMILES string of the molecule is COc1ccc(C2CC(O)c3c(OC)cc(OC)cc3N2CCCO)cc1. The van der Waals surface area contributed by atoms with Gasteiger partial charge in [0.15, 0.2) is 0 Å². The molecule has 27 heavy (non-hydrogen) atoms. The molecule has 0 saturated carbocycles. The van der Waals surface area contributed by atoms with Gasteiger partial charge in [-0.15, -0.1) is 0 Å². The highest BCUT2D eigenvalue weighted by Crippen LogP contribution is 2.49. The summed E-state index contributed by atoms with van der Waals surface area (Å²) < 4.78 is 16.2. The van der Waals surface area contributed by atoms with Crippen LogP contribution in [0.5, 0.6) is 17.2 Å². The lowest BCUT2D eigenvalue weighted by molar-refractivity contribution is 0.144. The minimum atomic E-state index is -0.654. The van der Waals surface area contributed by atoms with Crippen LogP contribution in [-0.4, -0.2) is 44.7 Å². The largest absolute Gasteiger partial charge is 0.497 e. The fourth-order valence-corrected chi connectivity index (χ4v) is 3.73. The van der Waals surface area contributed by atoms with Gasteiger partial charge in [0, 0.05) is 37.3 Å². The molecular weight excluding hydrogens is 346 g/mol. The highest BCUT2D eigenvalue weighted by atomic mass is 16.5. The van der Waals surface area contributed by atoms with E-state index in [1.54, 1.807) is 27.4 Å². The fourth-order valence-electron chi connectivity index (χ4n) is 3.73. The Morgan fingerprint density at radius 2 is 1.70 bits per heavy atom. The second kappa shape index (κ2) is 8.50. The van der Waals surface area contributed by atoms with Crippen molar-refractivity contribution < 1.29 is 24.4 Å². The van der Waals surface area contributed by atoms with Crippen LogP contribution in [0.25, 0.3) is 0 Å². The molecule has 0 bridgehead atoms. The number of methoxy groups -OCH3 is 3. The van der Waals surface area contributed by atoms with Crippen LogP contribution in [0.15, 0.2) is 36.4 Å². The zero-order valence-corrected chi connectivity index (χ0v) is 16.0. The van der Waals surface area contributed by atoms with Crippen molar-refractivity contribution in [1.29, 1.82) is 0 Å². The summed E-state index contributed by atoms with van der Waals surface area (Å²) in [5.74, 6) is 2.07. The third-order valence-corrected chi connectivity index (χ3v) is 5.07. The van der Waals surface area contributed by atoms with E-state index in [4.69, 9.17) is 14.2 Å². The average Bonchev–Trinajstić information content (AvgIpc) is 2.72. The number of rotatable bonds is 7. The van der Waals surface area contributed by atoms with Crippen molar-refractivity contribution in [1.82, 2.24) is 0 Å². The summed E-state index contributed by atoms with van der Waals surface area (Å²) in [7, 11) is 4.84. The molecule has 0 aromatic heterocycles. The van der Waals surface area contributed by atoms with Gasteiger partial charge in [-0.05, 0) is 24.1 Å². The van der Waals surface area contributed by atoms with E-state index < -0.39 is 6.10 Å². The van der Waals surface area contributed by atoms with E-state index in [1.165, 1.54) is 0 Å². The lowest BCUT2D eigenvalue weighted by Gasteiger charge is -2.42. The maximum Gasteiger partial charge on any atom is 0.130 e. The first kappa shape index (κ1) is 19.3. The van der Waals surface area contributed by atoms with Crippen molar-refractivity contribution in [2.75, 3.05) is 39.4 Å². The monoisotopic (exact) mass is 373 g/mol. The molecule has 1 heterocycles. The van der Waals surface area contributed by atoms with Gasteiger partial charge >= 0.3 is 0 Å². The van der Waals surface area contributed by atoms with Crippen molar-refractivity contribution in [2.24, 2.45) is 0 Å². The van der Waals surface area contributed by atoms with Crippen LogP contribution >= 0.6 is 0 Å². The second-order valence-electron chi connectivity index (χ2n) is 6.57. The molecule has 0 aliphatic carbocycles. The van der Waals surface area contributed by atoms with Crippen molar-refractivity contribution in [2.45, 2.75) is 25.0 Å². The van der Waals surface area contributed by atoms with Gasteiger partial charge in [0.1, 0.15) is 17.2 Å². The Morgan fingerprint density at radius 1 is 1.00 bits per heavy atom. The number of fused-ring (bicyclic) bond motifs is 1. The summed E-state index contributed by atoms with van der Waals surface area (Å²) in [4.78, 5) is 2.21. The zero-order valence-electron chi connectivity index (χ0n) is 16.0. The van der Waals surface area contributed by atoms with E-state index in [0.29, 0.717) is 30.9 Å². The van der Waals surface area contributed by atoms with Crippen LogP contribution in [0.1, 0.15) is 36.1 Å². The summed E-state index contributed by atoms with van der Waals surface area (Å²) in [6.07, 6.45) is 0.508. The number of hydrogen-bond donors (Lipinski definition) is 2. The first-order chi connectivity index (χ1) is 13.1. The van der Waals surface area contributed by atoms with E-state index >= 15 is 0 Å². The molecule has 2 aromatic carbocycles. The average molecular weight is 373 g/mol. The zero-order chi connectivity index (χ0) is 19.4. The topological polar surface area (TPSA) is 71.4 Å². The van der Waals surface area contributed by atoms with Crippen molar-refractivity contribution in [3.63, 3.8) is 0 Å². The van der Waals surface area contributed by atoms with Gasteiger partial charge in [0.05, 0.1) is 39.2 Å². The highest BCUT2D eigenvalue weighted by molar-refractivity contribution is 5.67. The molecule has 0 spiro atoms. The highest BCUT2D eigenvalue weighted by Gasteiger charge is 2.35. The maximum atomic E-state index is 10.9. The number of nitrogens with zero attached hydrogens (tertiary/aromatic N) is 1. The number of aliphatic hydroxyl groups is 2. The molecule has 2 atom stereocenters. The lowest BCUT2D eigenvalue weighted by Crippen LogP contribution is -2.36. The molecule has 6 heteroatoms. The Labute approximate surface area is 159 Å². The van der Waals surface area contributed by atoms with E-state index in [9.17, 15) is 10.2 Å². The van der Waals surface area contributed by atoms with Crippen molar-refractivity contribution in [3.05, 3.63) is 47.5 Å². The fraction of sp³-hybridized carbons (Fsp3) is 0.429. The molecule has 0 saturated heterocycles. The second-order valence-corrected chi connectivity index (χ2v) is 6.57. The molecule has 1 aliphatic heterocycles. The van der Waals surface area contributed by atoms with Gasteiger partial charge in [-0.25, -0.2) is 0 Å². The smallest absolute Gasteiger partial charge is 0.130 e. The van der Waals surface area contributed by atoms with Crippen molar-refractivity contribution >= 4 is 5.69 Å². The van der Waals surface area contributed by atoms with E-state index in [2.05, 4.69) is 4.90 Å². The molecule has 1 aliphatic rings. The minimum Gasteiger partial charge on any atom is -0.497 e. The summed E-state index contributed by atoms with van der Waals surface area (Å²) >= 11 is 0. The standard InChI is InChI=1S/C21H27NO5/c1-25-15-7-5-14(6-8-15)17-13-19(24)21-18(22(17)9-4-10-23)11-16(26-2)12-20(21)27-3/h5-8,11-12,17,19,23-24H,4,9-10,13H2,1-3H3. The Kier molecular flexibility index (Phi) is 6.08. The van der Waals surface area contributed by atoms with E-state index in [-0.39, 0.29) is 12.6 Å². The predicted octanol–water partition coefficient (Wildman–Crippen LogP) is 3.08. The number of aliphatic hydroxyl groups excluding tert-OH is 2. The summed E-state index contributed by atoms with van der Waals surface area (Å²) in [5, 5.41) is 20.3. The quantitative estimate of drug-likeness (QED) is 0.777. The molecule has 6 nitrogen and oxygen atoms in total. The molecule has 3 rings (SSSR count). The van der Waals surface area contributed by atoms with E-state index in [0.717, 1.165) is 22.6 Å². The van der Waals surface area contributed by atoms with Gasteiger partial charge < -0.3 is 29.3 Å². The molecular formula is C21H27NO5. The van der Waals surface area contributed by atoms with Crippen LogP contribution < -0.4 is 19.1 Å². The van der Waals surface area contributed by atoms with Crippen LogP contribution in [0.4, 0.5) is 5.69 Å². The minimum absolute atomic E-state index is 0.0261. The third-order valence-electron chi connectivity index (χ3n) is 5.07. The normalized spacial score (nSPS) is 18.8. The Bertz CT molecular complexity index is 762. The molecule has 2 unspecified atom stereocenters. The molecule has 0 radical (unpaired) electrons. The van der Waals surface area contributed by atoms with Crippen LogP contribution in [0, 0.1) is 0 Å². The van der Waals surface area contributed by atoms with Crippen LogP contribution in [0.3, 0.4) is 0 Å². The Morgan fingerprint density at radius 3 is 2.30 bits per heavy atom. The number of hydrogen-bond acceptors (Lipinski definition) is 6. The number of benzene rings is 2. The van der Waals surface area contributed by atoms with Crippen molar-refractivity contribution in [3.8, 4) is 17.2 Å². The molecule has 2 N–H and O–H groups in total. The van der Waals surface area contributed by atoms with E-state index in [1.807, 2.05) is 30.3 Å². The van der Waals surface area contributed by atoms with Gasteiger partial charge in [-0.1, -0.05) is 12.1 Å². The molecule has 146 valence electrons. The summed E-state index contributed by atoms with van der Waals surface area (Å²) in [6, 6.07) is 11.6. The van der Waals surface area contributed by atoms with Gasteiger partial charge in [-0.2, -0.15) is 0 Å². The summed E-state index contributed by atoms with van der Waals surface area (Å²) in [6.45, 7) is 0.758. The first-order valence-corrected chi connectivity index (χ1v) is 9.08. The summed E-state index contributed by atoms with van der Waals surface area (Å²) in [5.41, 5.74) is 2.72. The van der Waals surface area contributed by atoms with Gasteiger partial charge in [0.25, 0.3) is 0 Å². The van der Waals surface area contributed by atoms with Gasteiger partial charge in [0.2, 0.25) is 0 Å². The lowest BCUT2D eigenvalue weighted by atomic mass is 9.88. The molecule has 0 fully saturated rings. The number of anilines is 1. The Balaban J connectivity index is 2.08. The van der Waals surface area contributed by atoms with Crippen LogP contribution in [-0.2, 0) is 0 Å². The first-order valence-electron chi connectivity index (χ1n) is 9.08. The third kappa shape index (κ3) is 3.82. The van der Waals surface area contributed by atoms with Gasteiger partial charge in [-0.3, -0.25) is 0 Å². The maximum absolute atomic E-state index is 10.9.